The summed E-state index contributed by atoms with van der Waals surface area (Å²) >= 11 is 0. The average molecular weight is 471 g/mol. The highest BCUT2D eigenvalue weighted by Crippen LogP contribution is 2.32. The van der Waals surface area contributed by atoms with Gasteiger partial charge in [-0.25, -0.2) is 14.4 Å². The fourth-order valence-electron chi connectivity index (χ4n) is 4.47. The van der Waals surface area contributed by atoms with E-state index in [1.54, 1.807) is 23.1 Å². The van der Waals surface area contributed by atoms with Crippen LogP contribution in [0.25, 0.3) is 22.0 Å². The van der Waals surface area contributed by atoms with Gasteiger partial charge in [0.05, 0.1) is 30.2 Å². The van der Waals surface area contributed by atoms with Crippen LogP contribution in [-0.4, -0.2) is 48.2 Å². The molecule has 0 atom stereocenters. The Balaban J connectivity index is 1.65. The number of rotatable bonds is 5. The monoisotopic (exact) mass is 470 g/mol. The third-order valence-electron chi connectivity index (χ3n) is 6.19. The molecule has 0 unspecified atom stereocenters. The van der Waals surface area contributed by atoms with E-state index in [-0.39, 0.29) is 28.8 Å². The standard InChI is InChI=1S/C28H27FN4O2/c1-19(2)33(25-13-7-9-20-8-3-4-10-21(20)25)27(34)23-18-30-28(32-14-16-35-17-15-32)31-26(23)22-11-5-6-12-24(22)29/h3-13,18-19H,14-17H2,1-2H3. The number of ether oxygens (including phenoxy) is 1. The van der Waals surface area contributed by atoms with Crippen molar-refractivity contribution in [1.82, 2.24) is 9.97 Å². The van der Waals surface area contributed by atoms with Gasteiger partial charge in [0.1, 0.15) is 5.82 Å². The third-order valence-corrected chi connectivity index (χ3v) is 6.19. The van der Waals surface area contributed by atoms with Gasteiger partial charge in [0.25, 0.3) is 5.91 Å². The lowest BCUT2D eigenvalue weighted by Gasteiger charge is -2.30. The van der Waals surface area contributed by atoms with E-state index in [4.69, 9.17) is 9.72 Å². The normalized spacial score (nSPS) is 13.9. The van der Waals surface area contributed by atoms with Crippen LogP contribution < -0.4 is 9.80 Å². The van der Waals surface area contributed by atoms with Gasteiger partial charge >= 0.3 is 0 Å². The van der Waals surface area contributed by atoms with Gasteiger partial charge in [0.15, 0.2) is 0 Å². The van der Waals surface area contributed by atoms with Crippen molar-refractivity contribution in [2.75, 3.05) is 36.1 Å². The Bertz CT molecular complexity index is 1360. The quantitative estimate of drug-likeness (QED) is 0.395. The minimum Gasteiger partial charge on any atom is -0.378 e. The molecule has 4 aromatic rings. The summed E-state index contributed by atoms with van der Waals surface area (Å²) in [6.45, 7) is 6.34. The molecular weight excluding hydrogens is 443 g/mol. The Morgan fingerprint density at radius 1 is 1.00 bits per heavy atom. The molecule has 0 saturated carbocycles. The number of aromatic nitrogens is 2. The van der Waals surface area contributed by atoms with Crippen LogP contribution >= 0.6 is 0 Å². The Hall–Kier alpha value is -3.84. The smallest absolute Gasteiger partial charge is 0.262 e. The lowest BCUT2D eigenvalue weighted by atomic mass is 10.0. The van der Waals surface area contributed by atoms with Gasteiger partial charge < -0.3 is 14.5 Å². The zero-order valence-corrected chi connectivity index (χ0v) is 19.8. The van der Waals surface area contributed by atoms with Gasteiger partial charge in [-0.1, -0.05) is 48.5 Å². The van der Waals surface area contributed by atoms with Crippen LogP contribution in [0, 0.1) is 5.82 Å². The number of nitrogens with zero attached hydrogens (tertiary/aromatic N) is 4. The van der Waals surface area contributed by atoms with Gasteiger partial charge in [-0.3, -0.25) is 4.79 Å². The van der Waals surface area contributed by atoms with Crippen molar-refractivity contribution in [3.05, 3.63) is 84.3 Å². The minimum atomic E-state index is -0.436. The van der Waals surface area contributed by atoms with Crippen molar-refractivity contribution < 1.29 is 13.9 Å². The molecule has 1 amide bonds. The van der Waals surface area contributed by atoms with Crippen LogP contribution in [0.2, 0.25) is 0 Å². The summed E-state index contributed by atoms with van der Waals surface area (Å²) in [5, 5.41) is 2.01. The second kappa shape index (κ2) is 9.80. The molecule has 2 heterocycles. The molecule has 7 heteroatoms. The summed E-state index contributed by atoms with van der Waals surface area (Å²) in [6, 6.07) is 20.1. The Morgan fingerprint density at radius 2 is 1.71 bits per heavy atom. The minimum absolute atomic E-state index is 0.152. The molecule has 3 aromatic carbocycles. The van der Waals surface area contributed by atoms with Gasteiger partial charge in [-0.2, -0.15) is 0 Å². The second-order valence-electron chi connectivity index (χ2n) is 8.78. The van der Waals surface area contributed by atoms with E-state index in [1.807, 2.05) is 61.2 Å². The number of halogens is 1. The molecule has 0 spiro atoms. The van der Waals surface area contributed by atoms with Crippen molar-refractivity contribution in [3.63, 3.8) is 0 Å². The van der Waals surface area contributed by atoms with Crippen molar-refractivity contribution in [1.29, 1.82) is 0 Å². The molecule has 35 heavy (non-hydrogen) atoms. The molecule has 178 valence electrons. The fraction of sp³-hybridized carbons (Fsp3) is 0.250. The number of benzene rings is 3. The van der Waals surface area contributed by atoms with Crippen LogP contribution in [0.3, 0.4) is 0 Å². The van der Waals surface area contributed by atoms with E-state index in [0.29, 0.717) is 32.3 Å². The van der Waals surface area contributed by atoms with Gasteiger partial charge in [0.2, 0.25) is 5.95 Å². The first-order valence-corrected chi connectivity index (χ1v) is 11.8. The van der Waals surface area contributed by atoms with E-state index in [0.717, 1.165) is 16.5 Å². The SMILES string of the molecule is CC(C)N(C(=O)c1cnc(N2CCOCC2)nc1-c1ccccc1F)c1cccc2ccccc12. The first kappa shape index (κ1) is 22.9. The maximum absolute atomic E-state index is 15.0. The predicted octanol–water partition coefficient (Wildman–Crippen LogP) is 5.33. The number of anilines is 2. The van der Waals surface area contributed by atoms with Crippen LogP contribution in [0.5, 0.6) is 0 Å². The van der Waals surface area contributed by atoms with Crippen molar-refractivity contribution in [2.24, 2.45) is 0 Å². The maximum atomic E-state index is 15.0. The lowest BCUT2D eigenvalue weighted by molar-refractivity contribution is 0.0980. The zero-order chi connectivity index (χ0) is 24.4. The highest BCUT2D eigenvalue weighted by Gasteiger charge is 2.28. The first-order chi connectivity index (χ1) is 17.0. The summed E-state index contributed by atoms with van der Waals surface area (Å²) < 4.78 is 20.4. The largest absolute Gasteiger partial charge is 0.378 e. The molecule has 1 saturated heterocycles. The number of morpholine rings is 1. The molecule has 5 rings (SSSR count). The second-order valence-corrected chi connectivity index (χ2v) is 8.78. The molecule has 1 aliphatic rings. The van der Waals surface area contributed by atoms with Crippen LogP contribution in [0.1, 0.15) is 24.2 Å². The highest BCUT2D eigenvalue weighted by atomic mass is 19.1. The summed E-state index contributed by atoms with van der Waals surface area (Å²) in [5.74, 6) is -0.248. The highest BCUT2D eigenvalue weighted by molar-refractivity contribution is 6.13. The van der Waals surface area contributed by atoms with Crippen molar-refractivity contribution in [2.45, 2.75) is 19.9 Å². The fourth-order valence-corrected chi connectivity index (χ4v) is 4.47. The Labute approximate surface area is 204 Å². The molecule has 1 fully saturated rings. The van der Waals surface area contributed by atoms with Crippen LogP contribution in [0.4, 0.5) is 16.0 Å². The van der Waals surface area contributed by atoms with E-state index < -0.39 is 5.82 Å². The Kier molecular flexibility index (Phi) is 6.42. The number of carbonyl (C=O) groups is 1. The van der Waals surface area contributed by atoms with Crippen molar-refractivity contribution >= 4 is 28.3 Å². The van der Waals surface area contributed by atoms with E-state index in [1.165, 1.54) is 12.3 Å². The summed E-state index contributed by atoms with van der Waals surface area (Å²) in [5.41, 5.74) is 1.61. The van der Waals surface area contributed by atoms with Crippen molar-refractivity contribution in [3.8, 4) is 11.3 Å². The molecule has 0 bridgehead atoms. The van der Waals surface area contributed by atoms with Gasteiger partial charge in [-0.05, 0) is 37.4 Å². The summed E-state index contributed by atoms with van der Waals surface area (Å²) in [6.07, 6.45) is 1.53. The summed E-state index contributed by atoms with van der Waals surface area (Å²) in [7, 11) is 0. The van der Waals surface area contributed by atoms with Crippen LogP contribution in [-0.2, 0) is 4.74 Å². The van der Waals surface area contributed by atoms with Gasteiger partial charge in [-0.15, -0.1) is 0 Å². The average Bonchev–Trinajstić information content (AvgIpc) is 2.89. The summed E-state index contributed by atoms with van der Waals surface area (Å²) in [4.78, 5) is 27.1. The van der Waals surface area contributed by atoms with Crippen LogP contribution in [0.15, 0.2) is 72.9 Å². The number of fused-ring (bicyclic) bond motifs is 1. The molecule has 6 nitrogen and oxygen atoms in total. The van der Waals surface area contributed by atoms with E-state index >= 15 is 0 Å². The first-order valence-electron chi connectivity index (χ1n) is 11.8. The zero-order valence-electron chi connectivity index (χ0n) is 19.8. The molecule has 0 aliphatic carbocycles. The third kappa shape index (κ3) is 4.47. The number of hydrogen-bond acceptors (Lipinski definition) is 5. The van der Waals surface area contributed by atoms with E-state index in [9.17, 15) is 9.18 Å². The molecule has 0 radical (unpaired) electrons. The maximum Gasteiger partial charge on any atom is 0.262 e. The number of carbonyl (C=O) groups excluding carboxylic acids is 1. The van der Waals surface area contributed by atoms with E-state index in [2.05, 4.69) is 4.98 Å². The predicted molar refractivity (Wildman–Crippen MR) is 136 cm³/mol. The molecule has 1 aliphatic heterocycles. The Morgan fingerprint density at radius 3 is 2.49 bits per heavy atom. The van der Waals surface area contributed by atoms with Gasteiger partial charge in [0, 0.05) is 36.3 Å². The number of amides is 1. The topological polar surface area (TPSA) is 58.6 Å². The molecule has 1 aromatic heterocycles. The molecular formula is C28H27FN4O2. The lowest BCUT2D eigenvalue weighted by Crippen LogP contribution is -2.39. The molecule has 0 N–H and O–H groups in total. The number of hydrogen-bond donors (Lipinski definition) is 0.